The van der Waals surface area contributed by atoms with Crippen LogP contribution in [0.5, 0.6) is 0 Å². The number of nitrogens with one attached hydrogen (secondary N) is 2. The van der Waals surface area contributed by atoms with Crippen LogP contribution in [0.2, 0.25) is 0 Å². The van der Waals surface area contributed by atoms with Gasteiger partial charge in [0.15, 0.2) is 5.13 Å². The van der Waals surface area contributed by atoms with Crippen molar-refractivity contribution in [1.29, 1.82) is 0 Å². The number of aromatic nitrogens is 3. The second-order valence-electron chi connectivity index (χ2n) is 5.59. The average molecular weight is 404 g/mol. The number of amides is 1. The quantitative estimate of drug-likeness (QED) is 0.592. The van der Waals surface area contributed by atoms with E-state index < -0.39 is 23.1 Å². The van der Waals surface area contributed by atoms with Crippen LogP contribution in [0.15, 0.2) is 38.6 Å². The molecule has 28 heavy (non-hydrogen) atoms. The molecule has 0 spiro atoms. The second-order valence-corrected chi connectivity index (χ2v) is 6.59. The van der Waals surface area contributed by atoms with Gasteiger partial charge >= 0.3 is 11.7 Å². The Hall–Kier alpha value is -3.47. The van der Waals surface area contributed by atoms with Gasteiger partial charge in [0.2, 0.25) is 0 Å². The van der Waals surface area contributed by atoms with Gasteiger partial charge < -0.3 is 14.1 Å². The molecule has 3 rings (SSSR count). The van der Waals surface area contributed by atoms with Crippen molar-refractivity contribution >= 4 is 28.3 Å². The number of aryl methyl sites for hydroxylation is 1. The van der Waals surface area contributed by atoms with Crippen molar-refractivity contribution in [3.8, 4) is 0 Å². The van der Waals surface area contributed by atoms with Gasteiger partial charge in [0.05, 0.1) is 25.1 Å². The summed E-state index contributed by atoms with van der Waals surface area (Å²) in [5.74, 6) is -0.916. The third-order valence-corrected chi connectivity index (χ3v) is 4.73. The molecule has 0 atom stereocenters. The van der Waals surface area contributed by atoms with Crippen molar-refractivity contribution in [2.24, 2.45) is 0 Å². The van der Waals surface area contributed by atoms with Crippen molar-refractivity contribution in [3.63, 3.8) is 0 Å². The minimum absolute atomic E-state index is 0.119. The van der Waals surface area contributed by atoms with E-state index in [4.69, 9.17) is 9.15 Å². The van der Waals surface area contributed by atoms with Crippen molar-refractivity contribution in [2.45, 2.75) is 20.4 Å². The summed E-state index contributed by atoms with van der Waals surface area (Å²) in [4.78, 5) is 55.6. The van der Waals surface area contributed by atoms with Crippen molar-refractivity contribution in [3.05, 3.63) is 67.3 Å². The van der Waals surface area contributed by atoms with Crippen LogP contribution in [0.25, 0.3) is 0 Å². The molecule has 0 fully saturated rings. The molecule has 3 aromatic rings. The van der Waals surface area contributed by atoms with E-state index in [1.54, 1.807) is 26.0 Å². The van der Waals surface area contributed by atoms with Gasteiger partial charge in [-0.25, -0.2) is 14.6 Å². The summed E-state index contributed by atoms with van der Waals surface area (Å²) < 4.78 is 10.9. The molecule has 0 saturated carbocycles. The number of carbonyl (C=O) groups is 2. The predicted octanol–water partition coefficient (Wildman–Crippen LogP) is 1.37. The second kappa shape index (κ2) is 8.05. The molecule has 0 aliphatic carbocycles. The zero-order chi connectivity index (χ0) is 20.3. The summed E-state index contributed by atoms with van der Waals surface area (Å²) in [6.45, 7) is 3.38. The standard InChI is InChI=1S/C17H16N4O6S/c1-3-26-15(24)12-9(2)19-16(28-12)20-13(22)11-7-18-17(25)21(14(11)23)8-10-5-4-6-27-10/h4-7H,3,8H2,1-2H3,(H,18,25)(H,19,20,22). The number of thiazole rings is 1. The molecule has 146 valence electrons. The van der Waals surface area contributed by atoms with E-state index in [9.17, 15) is 19.2 Å². The topological polar surface area (TPSA) is 136 Å². The van der Waals surface area contributed by atoms with Crippen LogP contribution in [-0.2, 0) is 11.3 Å². The van der Waals surface area contributed by atoms with Gasteiger partial charge in [-0.05, 0) is 26.0 Å². The number of hydrogen-bond acceptors (Lipinski definition) is 8. The van der Waals surface area contributed by atoms with E-state index in [1.807, 2.05) is 0 Å². The Kier molecular flexibility index (Phi) is 5.54. The van der Waals surface area contributed by atoms with E-state index in [0.29, 0.717) is 11.5 Å². The highest BCUT2D eigenvalue weighted by atomic mass is 32.1. The minimum atomic E-state index is -0.781. The van der Waals surface area contributed by atoms with Crippen LogP contribution in [0, 0.1) is 6.92 Å². The fraction of sp³-hybridized carbons (Fsp3) is 0.235. The van der Waals surface area contributed by atoms with Crippen LogP contribution in [0.3, 0.4) is 0 Å². The molecule has 0 unspecified atom stereocenters. The molecule has 1 amide bonds. The molecular weight excluding hydrogens is 388 g/mol. The van der Waals surface area contributed by atoms with Gasteiger partial charge in [-0.2, -0.15) is 0 Å². The molecule has 2 N–H and O–H groups in total. The van der Waals surface area contributed by atoms with Crippen LogP contribution < -0.4 is 16.6 Å². The monoisotopic (exact) mass is 404 g/mol. The highest BCUT2D eigenvalue weighted by Crippen LogP contribution is 2.23. The molecule has 0 aliphatic rings. The summed E-state index contributed by atoms with van der Waals surface area (Å²) >= 11 is 0.934. The van der Waals surface area contributed by atoms with E-state index in [1.165, 1.54) is 6.26 Å². The highest BCUT2D eigenvalue weighted by Gasteiger charge is 2.20. The van der Waals surface area contributed by atoms with Gasteiger partial charge in [0.25, 0.3) is 11.5 Å². The molecular formula is C17H16N4O6S. The number of esters is 1. The number of carbonyl (C=O) groups excluding carboxylic acids is 2. The molecule has 0 aromatic carbocycles. The summed E-state index contributed by atoms with van der Waals surface area (Å²) in [5.41, 5.74) is -1.34. The zero-order valence-corrected chi connectivity index (χ0v) is 15.8. The number of furan rings is 1. The number of ether oxygens (including phenoxy) is 1. The van der Waals surface area contributed by atoms with Crippen LogP contribution in [0.1, 0.15) is 38.4 Å². The molecule has 10 nitrogen and oxygen atoms in total. The lowest BCUT2D eigenvalue weighted by Crippen LogP contribution is -2.39. The first-order valence-corrected chi connectivity index (χ1v) is 9.03. The largest absolute Gasteiger partial charge is 0.467 e. The van der Waals surface area contributed by atoms with E-state index in [0.717, 1.165) is 22.1 Å². The van der Waals surface area contributed by atoms with Gasteiger partial charge in [-0.15, -0.1) is 0 Å². The Labute approximate surface area is 161 Å². The number of hydrogen-bond donors (Lipinski definition) is 2. The summed E-state index contributed by atoms with van der Waals surface area (Å²) in [7, 11) is 0. The number of H-pyrrole nitrogens is 1. The number of aromatic amines is 1. The lowest BCUT2D eigenvalue weighted by atomic mass is 10.3. The first kappa shape index (κ1) is 19.3. The molecule has 11 heteroatoms. The summed E-state index contributed by atoms with van der Waals surface area (Å²) in [6, 6.07) is 3.23. The van der Waals surface area contributed by atoms with Gasteiger partial charge in [-0.1, -0.05) is 11.3 Å². The predicted molar refractivity (Wildman–Crippen MR) is 99.9 cm³/mol. The zero-order valence-electron chi connectivity index (χ0n) is 15.0. The molecule has 0 radical (unpaired) electrons. The van der Waals surface area contributed by atoms with Crippen LogP contribution in [0.4, 0.5) is 5.13 Å². The maximum absolute atomic E-state index is 12.6. The average Bonchev–Trinajstić information content (AvgIpc) is 3.28. The maximum Gasteiger partial charge on any atom is 0.350 e. The minimum Gasteiger partial charge on any atom is -0.467 e. The van der Waals surface area contributed by atoms with Crippen molar-refractivity contribution in [2.75, 3.05) is 11.9 Å². The smallest absolute Gasteiger partial charge is 0.350 e. The third-order valence-electron chi connectivity index (χ3n) is 3.68. The molecule has 0 bridgehead atoms. The lowest BCUT2D eigenvalue weighted by Gasteiger charge is -2.05. The van der Waals surface area contributed by atoms with E-state index in [2.05, 4.69) is 15.3 Å². The van der Waals surface area contributed by atoms with Gasteiger partial charge in [0.1, 0.15) is 16.2 Å². The Morgan fingerprint density at radius 3 is 2.86 bits per heavy atom. The van der Waals surface area contributed by atoms with E-state index in [-0.39, 0.29) is 28.7 Å². The SMILES string of the molecule is CCOC(=O)c1sc(NC(=O)c2c[nH]c(=O)n(Cc3ccco3)c2=O)nc1C. The van der Waals surface area contributed by atoms with Gasteiger partial charge in [0, 0.05) is 6.20 Å². The number of anilines is 1. The van der Waals surface area contributed by atoms with Crippen LogP contribution >= 0.6 is 11.3 Å². The molecule has 3 aromatic heterocycles. The third kappa shape index (κ3) is 3.93. The maximum atomic E-state index is 12.6. The molecule has 0 saturated heterocycles. The molecule has 3 heterocycles. The van der Waals surface area contributed by atoms with E-state index >= 15 is 0 Å². The van der Waals surface area contributed by atoms with Crippen molar-refractivity contribution in [1.82, 2.24) is 14.5 Å². The Morgan fingerprint density at radius 2 is 2.18 bits per heavy atom. The lowest BCUT2D eigenvalue weighted by molar-refractivity contribution is 0.0531. The molecule has 0 aliphatic heterocycles. The Bertz CT molecular complexity index is 1130. The first-order chi connectivity index (χ1) is 13.4. The fourth-order valence-electron chi connectivity index (χ4n) is 2.38. The first-order valence-electron chi connectivity index (χ1n) is 8.21. The number of nitrogens with zero attached hydrogens (tertiary/aromatic N) is 2. The Balaban J connectivity index is 1.85. The van der Waals surface area contributed by atoms with Crippen molar-refractivity contribution < 1.29 is 18.7 Å². The Morgan fingerprint density at radius 1 is 1.39 bits per heavy atom. The normalized spacial score (nSPS) is 10.6. The highest BCUT2D eigenvalue weighted by molar-refractivity contribution is 7.17. The summed E-state index contributed by atoms with van der Waals surface area (Å²) in [5, 5.41) is 2.60. The van der Waals surface area contributed by atoms with Crippen LogP contribution in [-0.4, -0.2) is 33.0 Å². The fourth-order valence-corrected chi connectivity index (χ4v) is 3.23. The summed E-state index contributed by atoms with van der Waals surface area (Å²) in [6.07, 6.45) is 2.45. The van der Waals surface area contributed by atoms with Gasteiger partial charge in [-0.3, -0.25) is 19.5 Å². The number of rotatable bonds is 6.